The molecule has 0 aliphatic heterocycles. The van der Waals surface area contributed by atoms with Crippen LogP contribution in [0.3, 0.4) is 0 Å². The predicted molar refractivity (Wildman–Crippen MR) is 187 cm³/mol. The summed E-state index contributed by atoms with van der Waals surface area (Å²) in [6.45, 7) is 0. The molecule has 0 fully saturated rings. The van der Waals surface area contributed by atoms with Gasteiger partial charge in [0, 0.05) is 20.2 Å². The Morgan fingerprint density at radius 3 is 1.57 bits per heavy atom. The standard InChI is InChI=1S/C40H26S2/c1-2-6-25(7-3-1)26-10-12-27(13-11-26)28-14-16-29(17-15-28)32-18-19-33-22-36-38(24-34(33)20-32)42-39-35-21-30-8-4-5-9-31(30)23-37(35)41-40(36)39/h2,4-24H,1,3H2. The molecule has 6 aromatic carbocycles. The average Bonchev–Trinajstić information content (AvgIpc) is 3.58. The van der Waals surface area contributed by atoms with Gasteiger partial charge in [0.25, 0.3) is 0 Å². The van der Waals surface area contributed by atoms with Crippen molar-refractivity contribution in [3.8, 4) is 22.3 Å². The highest BCUT2D eigenvalue weighted by atomic mass is 32.1. The van der Waals surface area contributed by atoms with E-state index in [-0.39, 0.29) is 0 Å². The van der Waals surface area contributed by atoms with E-state index in [4.69, 9.17) is 0 Å². The van der Waals surface area contributed by atoms with Gasteiger partial charge >= 0.3 is 0 Å². The Morgan fingerprint density at radius 2 is 0.952 bits per heavy atom. The van der Waals surface area contributed by atoms with Crippen LogP contribution in [0.5, 0.6) is 0 Å². The molecule has 0 spiro atoms. The van der Waals surface area contributed by atoms with Crippen LogP contribution < -0.4 is 0 Å². The van der Waals surface area contributed by atoms with Crippen LogP contribution >= 0.6 is 22.7 Å². The Labute approximate surface area is 252 Å². The van der Waals surface area contributed by atoms with E-state index >= 15 is 0 Å². The zero-order valence-corrected chi connectivity index (χ0v) is 24.6. The molecule has 0 unspecified atom stereocenters. The summed E-state index contributed by atoms with van der Waals surface area (Å²) in [5, 5.41) is 8.00. The third-order valence-electron chi connectivity index (χ3n) is 8.67. The first-order chi connectivity index (χ1) is 20.8. The molecule has 0 radical (unpaired) electrons. The van der Waals surface area contributed by atoms with Gasteiger partial charge in [0.2, 0.25) is 0 Å². The fraction of sp³-hybridized carbons (Fsp3) is 0.0500. The van der Waals surface area contributed by atoms with Crippen LogP contribution in [0.4, 0.5) is 0 Å². The SMILES string of the molecule is C1=CC(c2ccc(-c3ccc(-c4ccc5cc6c(cc5c4)sc4c5cc7ccccc7cc5sc64)cc3)cc2)=CCC1. The molecular formula is C40H26S2. The molecule has 1 aliphatic rings. The maximum absolute atomic E-state index is 2.40. The van der Waals surface area contributed by atoms with Crippen LogP contribution in [0.15, 0.2) is 133 Å². The van der Waals surface area contributed by atoms with Gasteiger partial charge in [-0.05, 0) is 98.1 Å². The minimum Gasteiger partial charge on any atom is -0.134 e. The van der Waals surface area contributed by atoms with Gasteiger partial charge in [-0.2, -0.15) is 0 Å². The number of thiophene rings is 2. The number of hydrogen-bond donors (Lipinski definition) is 0. The molecule has 0 nitrogen and oxygen atoms in total. The van der Waals surface area contributed by atoms with Crippen molar-refractivity contribution in [3.63, 3.8) is 0 Å². The molecule has 1 aliphatic carbocycles. The van der Waals surface area contributed by atoms with E-state index in [2.05, 4.69) is 133 Å². The van der Waals surface area contributed by atoms with E-state index in [1.807, 2.05) is 22.7 Å². The van der Waals surface area contributed by atoms with Gasteiger partial charge < -0.3 is 0 Å². The molecule has 42 heavy (non-hydrogen) atoms. The second-order valence-corrected chi connectivity index (χ2v) is 13.4. The fourth-order valence-electron chi connectivity index (χ4n) is 6.40. The third kappa shape index (κ3) is 3.94. The summed E-state index contributed by atoms with van der Waals surface area (Å²) >= 11 is 3.87. The second kappa shape index (κ2) is 9.52. The van der Waals surface area contributed by atoms with Gasteiger partial charge in [-0.15, -0.1) is 22.7 Å². The Hall–Kier alpha value is -4.50. The van der Waals surface area contributed by atoms with Crippen molar-refractivity contribution >= 4 is 79.4 Å². The van der Waals surface area contributed by atoms with Crippen LogP contribution in [0.25, 0.3) is 78.9 Å². The lowest BCUT2D eigenvalue weighted by Gasteiger charge is -2.09. The highest BCUT2D eigenvalue weighted by molar-refractivity contribution is 7.36. The minimum atomic E-state index is 1.13. The average molecular weight is 571 g/mol. The van der Waals surface area contributed by atoms with Crippen molar-refractivity contribution in [3.05, 3.63) is 139 Å². The zero-order valence-electron chi connectivity index (χ0n) is 22.9. The van der Waals surface area contributed by atoms with Gasteiger partial charge in [-0.25, -0.2) is 0 Å². The maximum Gasteiger partial charge on any atom is 0.0542 e. The van der Waals surface area contributed by atoms with Crippen LogP contribution in [-0.2, 0) is 0 Å². The molecule has 0 bridgehead atoms. The normalized spacial score (nSPS) is 13.6. The number of benzene rings is 6. The monoisotopic (exact) mass is 570 g/mol. The van der Waals surface area contributed by atoms with Crippen molar-refractivity contribution in [2.75, 3.05) is 0 Å². The first kappa shape index (κ1) is 24.1. The Morgan fingerprint density at radius 1 is 0.429 bits per heavy atom. The summed E-state index contributed by atoms with van der Waals surface area (Å²) in [5.74, 6) is 0. The van der Waals surface area contributed by atoms with Gasteiger partial charge in [-0.3, -0.25) is 0 Å². The van der Waals surface area contributed by atoms with Gasteiger partial charge in [0.15, 0.2) is 0 Å². The molecule has 0 saturated carbocycles. The largest absolute Gasteiger partial charge is 0.134 e. The molecule has 9 rings (SSSR count). The summed E-state index contributed by atoms with van der Waals surface area (Å²) < 4.78 is 5.59. The summed E-state index contributed by atoms with van der Waals surface area (Å²) in [6, 6.07) is 43.1. The summed E-state index contributed by atoms with van der Waals surface area (Å²) in [4.78, 5) is 0. The van der Waals surface area contributed by atoms with Crippen LogP contribution in [0, 0.1) is 0 Å². The highest BCUT2D eigenvalue weighted by Gasteiger charge is 2.14. The Bertz CT molecular complexity index is 2380. The molecule has 0 amide bonds. The van der Waals surface area contributed by atoms with E-state index in [1.54, 1.807) is 0 Å². The number of fused-ring (bicyclic) bond motifs is 7. The van der Waals surface area contributed by atoms with E-state index in [1.165, 1.54) is 84.5 Å². The van der Waals surface area contributed by atoms with Gasteiger partial charge in [0.1, 0.15) is 0 Å². The summed E-state index contributed by atoms with van der Waals surface area (Å²) in [7, 11) is 0. The maximum atomic E-state index is 2.40. The molecule has 0 atom stereocenters. The molecular weight excluding hydrogens is 545 g/mol. The van der Waals surface area contributed by atoms with Crippen molar-refractivity contribution < 1.29 is 0 Å². The number of hydrogen-bond acceptors (Lipinski definition) is 2. The predicted octanol–water partition coefficient (Wildman–Crippen LogP) is 12.6. The fourth-order valence-corrected chi connectivity index (χ4v) is 9.10. The first-order valence-electron chi connectivity index (χ1n) is 14.6. The summed E-state index contributed by atoms with van der Waals surface area (Å²) in [6.07, 6.45) is 9.13. The lowest BCUT2D eigenvalue weighted by molar-refractivity contribution is 1.04. The second-order valence-electron chi connectivity index (χ2n) is 11.3. The lowest BCUT2D eigenvalue weighted by Crippen LogP contribution is -1.86. The molecule has 2 aromatic heterocycles. The zero-order chi connectivity index (χ0) is 27.6. The lowest BCUT2D eigenvalue weighted by atomic mass is 9.95. The molecule has 198 valence electrons. The first-order valence-corrected chi connectivity index (χ1v) is 16.2. The van der Waals surface area contributed by atoms with E-state index < -0.39 is 0 Å². The summed E-state index contributed by atoms with van der Waals surface area (Å²) in [5.41, 5.74) is 7.64. The van der Waals surface area contributed by atoms with Crippen molar-refractivity contribution in [2.24, 2.45) is 0 Å². The highest BCUT2D eigenvalue weighted by Crippen LogP contribution is 2.46. The van der Waals surface area contributed by atoms with Crippen LogP contribution in [0.1, 0.15) is 18.4 Å². The smallest absolute Gasteiger partial charge is 0.0542 e. The Balaban J connectivity index is 1.06. The van der Waals surface area contributed by atoms with Crippen molar-refractivity contribution in [1.82, 2.24) is 0 Å². The quantitative estimate of drug-likeness (QED) is 0.198. The number of rotatable bonds is 3. The van der Waals surface area contributed by atoms with Crippen LogP contribution in [-0.4, -0.2) is 0 Å². The van der Waals surface area contributed by atoms with Crippen molar-refractivity contribution in [2.45, 2.75) is 12.8 Å². The number of allylic oxidation sites excluding steroid dienone is 4. The topological polar surface area (TPSA) is 0 Å². The molecule has 2 heterocycles. The third-order valence-corrected chi connectivity index (χ3v) is 11.2. The van der Waals surface area contributed by atoms with Gasteiger partial charge in [-0.1, -0.05) is 103 Å². The van der Waals surface area contributed by atoms with E-state index in [0.29, 0.717) is 0 Å². The van der Waals surface area contributed by atoms with Crippen LogP contribution in [0.2, 0.25) is 0 Å². The minimum absolute atomic E-state index is 1.13. The molecule has 2 heteroatoms. The van der Waals surface area contributed by atoms with E-state index in [0.717, 1.165) is 12.8 Å². The van der Waals surface area contributed by atoms with Gasteiger partial charge in [0.05, 0.1) is 9.40 Å². The molecule has 8 aromatic rings. The van der Waals surface area contributed by atoms with E-state index in [9.17, 15) is 0 Å². The Kier molecular flexibility index (Phi) is 5.47. The molecule has 0 N–H and O–H groups in total. The molecule has 0 saturated heterocycles. The van der Waals surface area contributed by atoms with Crippen molar-refractivity contribution in [1.29, 1.82) is 0 Å².